The molecule has 2 heterocycles. The van der Waals surface area contributed by atoms with Gasteiger partial charge in [-0.25, -0.2) is 4.98 Å². The van der Waals surface area contributed by atoms with E-state index in [-0.39, 0.29) is 5.56 Å². The first kappa shape index (κ1) is 14.2. The van der Waals surface area contributed by atoms with E-state index in [1.165, 1.54) is 12.8 Å². The highest BCUT2D eigenvalue weighted by atomic mass is 16.1. The van der Waals surface area contributed by atoms with Gasteiger partial charge in [0.2, 0.25) is 0 Å². The topological polar surface area (TPSA) is 34.4 Å². The Labute approximate surface area is 135 Å². The predicted molar refractivity (Wildman–Crippen MR) is 92.8 cm³/mol. The zero-order valence-corrected chi connectivity index (χ0v) is 13.2. The van der Waals surface area contributed by atoms with Crippen molar-refractivity contribution in [3.05, 3.63) is 70.3 Å². The molecule has 0 aliphatic heterocycles. The summed E-state index contributed by atoms with van der Waals surface area (Å²) in [6.45, 7) is 0. The van der Waals surface area contributed by atoms with Crippen LogP contribution in [0.2, 0.25) is 0 Å². The molecular weight excluding hydrogens is 284 g/mol. The molecule has 0 fully saturated rings. The van der Waals surface area contributed by atoms with Gasteiger partial charge in [-0.1, -0.05) is 43.2 Å². The highest BCUT2D eigenvalue weighted by molar-refractivity contribution is 5.67. The summed E-state index contributed by atoms with van der Waals surface area (Å²) in [5.41, 5.74) is 5.07. The molecule has 0 bridgehead atoms. The van der Waals surface area contributed by atoms with Gasteiger partial charge >= 0.3 is 0 Å². The number of benzene rings is 1. The first-order valence-electron chi connectivity index (χ1n) is 8.42. The lowest BCUT2D eigenvalue weighted by molar-refractivity contribution is 0.603. The van der Waals surface area contributed by atoms with Crippen LogP contribution in [0.25, 0.3) is 16.8 Å². The molecule has 0 N–H and O–H groups in total. The third-order valence-electron chi connectivity index (χ3n) is 4.71. The molecule has 3 nitrogen and oxygen atoms in total. The minimum atomic E-state index is 0.117. The van der Waals surface area contributed by atoms with Crippen LogP contribution in [-0.2, 0) is 12.8 Å². The van der Waals surface area contributed by atoms with Crippen LogP contribution >= 0.6 is 0 Å². The van der Waals surface area contributed by atoms with Gasteiger partial charge in [0, 0.05) is 11.8 Å². The molecule has 1 aliphatic rings. The van der Waals surface area contributed by atoms with E-state index in [4.69, 9.17) is 4.98 Å². The van der Waals surface area contributed by atoms with Gasteiger partial charge < -0.3 is 0 Å². The van der Waals surface area contributed by atoms with E-state index >= 15 is 0 Å². The minimum absolute atomic E-state index is 0.117. The molecule has 23 heavy (non-hydrogen) atoms. The Hall–Kier alpha value is -2.42. The third kappa shape index (κ3) is 2.67. The summed E-state index contributed by atoms with van der Waals surface area (Å²) in [7, 11) is 0. The third-order valence-corrected chi connectivity index (χ3v) is 4.71. The van der Waals surface area contributed by atoms with E-state index in [1.54, 1.807) is 4.40 Å². The van der Waals surface area contributed by atoms with Crippen LogP contribution in [0, 0.1) is 0 Å². The molecule has 0 radical (unpaired) electrons. The molecule has 1 aliphatic carbocycles. The van der Waals surface area contributed by atoms with Crippen molar-refractivity contribution in [2.75, 3.05) is 0 Å². The average Bonchev–Trinajstić information content (AvgIpc) is 2.57. The predicted octanol–water partition coefficient (Wildman–Crippen LogP) is 4.02. The van der Waals surface area contributed by atoms with Crippen molar-refractivity contribution < 1.29 is 0 Å². The minimum Gasteiger partial charge on any atom is -0.269 e. The Morgan fingerprint density at radius 2 is 1.65 bits per heavy atom. The fourth-order valence-electron chi connectivity index (χ4n) is 3.44. The Kier molecular flexibility index (Phi) is 3.70. The van der Waals surface area contributed by atoms with Gasteiger partial charge in [0.05, 0.1) is 5.69 Å². The van der Waals surface area contributed by atoms with E-state index in [1.807, 2.05) is 36.5 Å². The lowest BCUT2D eigenvalue weighted by atomic mass is 9.98. The second-order valence-electron chi connectivity index (χ2n) is 6.27. The Morgan fingerprint density at radius 1 is 0.870 bits per heavy atom. The van der Waals surface area contributed by atoms with Crippen molar-refractivity contribution in [1.29, 1.82) is 0 Å². The molecule has 0 amide bonds. The van der Waals surface area contributed by atoms with Crippen LogP contribution in [-0.4, -0.2) is 9.38 Å². The fraction of sp³-hybridized carbons (Fsp3) is 0.300. The van der Waals surface area contributed by atoms with Gasteiger partial charge in [0.25, 0.3) is 5.56 Å². The van der Waals surface area contributed by atoms with Crippen LogP contribution in [0.15, 0.2) is 53.5 Å². The van der Waals surface area contributed by atoms with E-state index in [0.717, 1.165) is 53.7 Å². The number of hydrogen-bond donors (Lipinski definition) is 0. The summed E-state index contributed by atoms with van der Waals surface area (Å²) in [4.78, 5) is 17.6. The van der Waals surface area contributed by atoms with Crippen LogP contribution < -0.4 is 5.56 Å². The Balaban J connectivity index is 1.89. The zero-order valence-electron chi connectivity index (χ0n) is 13.2. The second kappa shape index (κ2) is 5.99. The highest BCUT2D eigenvalue weighted by Gasteiger charge is 2.14. The molecule has 0 saturated heterocycles. The SMILES string of the molecule is O=c1c2c(nc3cc(-c4ccccc4)ccn13)CCCCCC2. The molecule has 0 unspecified atom stereocenters. The van der Waals surface area contributed by atoms with Crippen LogP contribution in [0.3, 0.4) is 0 Å². The summed E-state index contributed by atoms with van der Waals surface area (Å²) in [5.74, 6) is 0. The quantitative estimate of drug-likeness (QED) is 0.680. The maximum Gasteiger partial charge on any atom is 0.261 e. The van der Waals surface area contributed by atoms with Crippen molar-refractivity contribution in [2.24, 2.45) is 0 Å². The van der Waals surface area contributed by atoms with Gasteiger partial charge in [-0.05, 0) is 48.9 Å². The Morgan fingerprint density at radius 3 is 2.48 bits per heavy atom. The van der Waals surface area contributed by atoms with Crippen molar-refractivity contribution in [3.63, 3.8) is 0 Å². The Bertz CT molecular complexity index is 897. The van der Waals surface area contributed by atoms with Gasteiger partial charge in [-0.2, -0.15) is 0 Å². The molecule has 1 aromatic carbocycles. The van der Waals surface area contributed by atoms with Crippen molar-refractivity contribution in [1.82, 2.24) is 9.38 Å². The van der Waals surface area contributed by atoms with Crippen molar-refractivity contribution in [2.45, 2.75) is 38.5 Å². The molecule has 0 spiro atoms. The standard InChI is InChI=1S/C20H20N2O/c23-20-17-10-6-1-2-7-11-18(17)21-19-14-16(12-13-22(19)20)15-8-4-3-5-9-15/h3-5,8-9,12-14H,1-2,6-7,10-11H2. The van der Waals surface area contributed by atoms with Crippen molar-refractivity contribution in [3.8, 4) is 11.1 Å². The normalized spacial score (nSPS) is 15.0. The van der Waals surface area contributed by atoms with Gasteiger partial charge in [0.15, 0.2) is 0 Å². The summed E-state index contributed by atoms with van der Waals surface area (Å²) in [6.07, 6.45) is 8.35. The fourth-order valence-corrected chi connectivity index (χ4v) is 3.44. The number of aryl methyl sites for hydroxylation is 1. The summed E-state index contributed by atoms with van der Waals surface area (Å²) >= 11 is 0. The monoisotopic (exact) mass is 304 g/mol. The van der Waals surface area contributed by atoms with E-state index in [9.17, 15) is 4.79 Å². The smallest absolute Gasteiger partial charge is 0.261 e. The number of pyridine rings is 1. The summed E-state index contributed by atoms with van der Waals surface area (Å²) in [5, 5.41) is 0. The number of rotatable bonds is 1. The molecular formula is C20H20N2O. The lowest BCUT2D eigenvalue weighted by Crippen LogP contribution is -2.23. The maximum absolute atomic E-state index is 12.8. The molecule has 3 heteroatoms. The lowest BCUT2D eigenvalue weighted by Gasteiger charge is -2.14. The van der Waals surface area contributed by atoms with E-state index in [0.29, 0.717) is 0 Å². The first-order valence-corrected chi connectivity index (χ1v) is 8.42. The van der Waals surface area contributed by atoms with Crippen molar-refractivity contribution >= 4 is 5.65 Å². The molecule has 3 aromatic rings. The molecule has 0 saturated carbocycles. The summed E-state index contributed by atoms with van der Waals surface area (Å²) < 4.78 is 1.70. The van der Waals surface area contributed by atoms with Gasteiger partial charge in [-0.3, -0.25) is 9.20 Å². The first-order chi connectivity index (χ1) is 11.3. The number of fused-ring (bicyclic) bond motifs is 2. The highest BCUT2D eigenvalue weighted by Crippen LogP contribution is 2.21. The second-order valence-corrected chi connectivity index (χ2v) is 6.27. The van der Waals surface area contributed by atoms with Gasteiger partial charge in [0.1, 0.15) is 5.65 Å². The van der Waals surface area contributed by atoms with Gasteiger partial charge in [-0.15, -0.1) is 0 Å². The largest absolute Gasteiger partial charge is 0.269 e. The number of hydrogen-bond acceptors (Lipinski definition) is 2. The van der Waals surface area contributed by atoms with Crippen LogP contribution in [0.5, 0.6) is 0 Å². The average molecular weight is 304 g/mol. The maximum atomic E-state index is 12.8. The zero-order chi connectivity index (χ0) is 15.6. The number of aromatic nitrogens is 2. The van der Waals surface area contributed by atoms with E-state index < -0.39 is 0 Å². The van der Waals surface area contributed by atoms with Crippen LogP contribution in [0.1, 0.15) is 36.9 Å². The van der Waals surface area contributed by atoms with Crippen LogP contribution in [0.4, 0.5) is 0 Å². The number of nitrogens with zero attached hydrogens (tertiary/aromatic N) is 2. The molecule has 0 atom stereocenters. The van der Waals surface area contributed by atoms with E-state index in [2.05, 4.69) is 12.1 Å². The molecule has 2 aromatic heterocycles. The molecule has 116 valence electrons. The molecule has 4 rings (SSSR count). The summed E-state index contributed by atoms with van der Waals surface area (Å²) in [6, 6.07) is 14.3.